The topological polar surface area (TPSA) is 72.6 Å². The minimum absolute atomic E-state index is 0.0148. The lowest BCUT2D eigenvalue weighted by atomic mass is 9.81. The fourth-order valence-corrected chi connectivity index (χ4v) is 4.79. The molecule has 0 amide bonds. The van der Waals surface area contributed by atoms with Crippen LogP contribution in [0.1, 0.15) is 20.3 Å². The van der Waals surface area contributed by atoms with Crippen molar-refractivity contribution in [2.45, 2.75) is 31.2 Å². The monoisotopic (exact) mass is 376 g/mol. The Morgan fingerprint density at radius 2 is 2.05 bits per heavy atom. The lowest BCUT2D eigenvalue weighted by Gasteiger charge is -2.41. The second-order valence-electron chi connectivity index (χ2n) is 6.05. The van der Waals surface area contributed by atoms with Crippen LogP contribution in [0.5, 0.6) is 5.75 Å². The Hall–Kier alpha value is -0.630. The van der Waals surface area contributed by atoms with Gasteiger partial charge in [0.2, 0.25) is 10.0 Å². The van der Waals surface area contributed by atoms with E-state index in [4.69, 9.17) is 10.5 Å². The van der Waals surface area contributed by atoms with Crippen molar-refractivity contribution in [3.05, 3.63) is 22.7 Å². The molecule has 1 aromatic carbocycles. The molecule has 21 heavy (non-hydrogen) atoms. The first-order chi connectivity index (χ1) is 9.66. The van der Waals surface area contributed by atoms with Gasteiger partial charge in [0.1, 0.15) is 5.75 Å². The first-order valence-electron chi connectivity index (χ1n) is 6.77. The number of nitrogens with two attached hydrogens (primary N) is 1. The molecule has 2 N–H and O–H groups in total. The van der Waals surface area contributed by atoms with Crippen molar-refractivity contribution in [1.82, 2.24) is 4.31 Å². The van der Waals surface area contributed by atoms with Crippen LogP contribution in [-0.2, 0) is 10.0 Å². The third kappa shape index (κ3) is 3.41. The van der Waals surface area contributed by atoms with Crippen molar-refractivity contribution in [3.63, 3.8) is 0 Å². The number of hydrogen-bond donors (Lipinski definition) is 1. The number of halogens is 1. The molecule has 1 fully saturated rings. The molecule has 1 atom stereocenters. The summed E-state index contributed by atoms with van der Waals surface area (Å²) in [6.45, 7) is 4.87. The summed E-state index contributed by atoms with van der Waals surface area (Å²) in [6.07, 6.45) is 0.664. The average Bonchev–Trinajstić information content (AvgIpc) is 2.40. The molecule has 1 saturated heterocycles. The Balaban J connectivity index is 2.36. The summed E-state index contributed by atoms with van der Waals surface area (Å²) < 4.78 is 33.0. The highest BCUT2D eigenvalue weighted by Gasteiger charge is 2.38. The first kappa shape index (κ1) is 16.7. The number of rotatable bonds is 3. The molecular weight excluding hydrogens is 356 g/mol. The van der Waals surface area contributed by atoms with Gasteiger partial charge in [-0.1, -0.05) is 29.8 Å². The molecule has 1 aromatic rings. The summed E-state index contributed by atoms with van der Waals surface area (Å²) >= 11 is 3.32. The highest BCUT2D eigenvalue weighted by molar-refractivity contribution is 9.10. The predicted octanol–water partition coefficient (Wildman–Crippen LogP) is 2.21. The van der Waals surface area contributed by atoms with Gasteiger partial charge in [-0.2, -0.15) is 4.31 Å². The summed E-state index contributed by atoms with van der Waals surface area (Å²) in [5.41, 5.74) is 5.84. The van der Waals surface area contributed by atoms with Crippen LogP contribution >= 0.6 is 15.9 Å². The van der Waals surface area contributed by atoms with E-state index >= 15 is 0 Å². The van der Waals surface area contributed by atoms with E-state index < -0.39 is 10.0 Å². The van der Waals surface area contributed by atoms with E-state index in [-0.39, 0.29) is 16.4 Å². The molecular formula is C14H21BrN2O3S. The molecule has 1 aliphatic heterocycles. The maximum atomic E-state index is 12.8. The lowest BCUT2D eigenvalue weighted by Crippen LogP contribution is -2.53. The van der Waals surface area contributed by atoms with E-state index in [0.29, 0.717) is 29.7 Å². The van der Waals surface area contributed by atoms with Gasteiger partial charge in [-0.05, 0) is 24.0 Å². The van der Waals surface area contributed by atoms with Crippen LogP contribution in [0.2, 0.25) is 0 Å². The van der Waals surface area contributed by atoms with Gasteiger partial charge in [-0.15, -0.1) is 0 Å². The Kier molecular flexibility index (Phi) is 4.68. The zero-order valence-electron chi connectivity index (χ0n) is 12.5. The van der Waals surface area contributed by atoms with E-state index in [9.17, 15) is 8.42 Å². The molecule has 0 bridgehead atoms. The third-order valence-electron chi connectivity index (χ3n) is 4.00. The third-order valence-corrected chi connectivity index (χ3v) is 6.28. The molecule has 1 unspecified atom stereocenters. The minimum Gasteiger partial charge on any atom is -0.497 e. The fourth-order valence-electron chi connectivity index (χ4n) is 2.48. The number of nitrogens with zero attached hydrogens (tertiary/aromatic N) is 1. The number of methoxy groups -OCH3 is 1. The zero-order chi connectivity index (χ0) is 15.8. The van der Waals surface area contributed by atoms with Crippen molar-refractivity contribution in [3.8, 4) is 5.75 Å². The Labute approximate surface area is 134 Å². The van der Waals surface area contributed by atoms with E-state index in [1.807, 2.05) is 13.8 Å². The van der Waals surface area contributed by atoms with E-state index in [1.165, 1.54) is 11.4 Å². The summed E-state index contributed by atoms with van der Waals surface area (Å²) in [4.78, 5) is 0.236. The SMILES string of the molecule is COc1cc(Br)cc(S(=O)(=O)N2CCC(N)C(C)(C)C2)c1. The second-order valence-corrected chi connectivity index (χ2v) is 8.90. The molecule has 0 saturated carbocycles. The summed E-state index contributed by atoms with van der Waals surface area (Å²) in [7, 11) is -2.03. The van der Waals surface area contributed by atoms with Gasteiger partial charge >= 0.3 is 0 Å². The highest BCUT2D eigenvalue weighted by Crippen LogP contribution is 2.33. The standard InChI is InChI=1S/C14H21BrN2O3S/c1-14(2)9-17(5-4-13(14)16)21(18,19)12-7-10(15)6-11(8-12)20-3/h6-8,13H,4-5,9,16H2,1-3H3. The molecule has 2 rings (SSSR count). The lowest BCUT2D eigenvalue weighted by molar-refractivity contribution is 0.155. The molecule has 7 heteroatoms. The van der Waals surface area contributed by atoms with Crippen LogP contribution < -0.4 is 10.5 Å². The summed E-state index contributed by atoms with van der Waals surface area (Å²) in [6, 6.07) is 4.89. The van der Waals surface area contributed by atoms with Gasteiger partial charge in [0.15, 0.2) is 0 Å². The predicted molar refractivity (Wildman–Crippen MR) is 85.8 cm³/mol. The van der Waals surface area contributed by atoms with Crippen molar-refractivity contribution >= 4 is 26.0 Å². The van der Waals surface area contributed by atoms with Gasteiger partial charge in [0.25, 0.3) is 0 Å². The fraction of sp³-hybridized carbons (Fsp3) is 0.571. The van der Waals surface area contributed by atoms with Crippen LogP contribution in [-0.4, -0.2) is 39.0 Å². The Morgan fingerprint density at radius 1 is 1.38 bits per heavy atom. The van der Waals surface area contributed by atoms with Gasteiger partial charge in [0.05, 0.1) is 12.0 Å². The van der Waals surface area contributed by atoms with Crippen molar-refractivity contribution < 1.29 is 13.2 Å². The largest absolute Gasteiger partial charge is 0.497 e. The Bertz CT molecular complexity index is 631. The van der Waals surface area contributed by atoms with Gasteiger partial charge in [0, 0.05) is 29.7 Å². The molecule has 0 radical (unpaired) electrons. The molecule has 0 spiro atoms. The molecule has 5 nitrogen and oxygen atoms in total. The minimum atomic E-state index is -3.54. The maximum absolute atomic E-state index is 12.8. The van der Waals surface area contributed by atoms with E-state index in [1.54, 1.807) is 18.2 Å². The van der Waals surface area contributed by atoms with Crippen LogP contribution in [0.3, 0.4) is 0 Å². The van der Waals surface area contributed by atoms with Crippen LogP contribution in [0.15, 0.2) is 27.6 Å². The quantitative estimate of drug-likeness (QED) is 0.877. The molecule has 118 valence electrons. The molecule has 0 aromatic heterocycles. The summed E-state index contributed by atoms with van der Waals surface area (Å²) in [5.74, 6) is 0.510. The molecule has 1 aliphatic rings. The number of benzene rings is 1. The highest BCUT2D eigenvalue weighted by atomic mass is 79.9. The van der Waals surface area contributed by atoms with Crippen molar-refractivity contribution in [2.24, 2.45) is 11.1 Å². The normalized spacial score (nSPS) is 23.0. The van der Waals surface area contributed by atoms with Crippen LogP contribution in [0.4, 0.5) is 0 Å². The van der Waals surface area contributed by atoms with E-state index in [0.717, 1.165) is 0 Å². The van der Waals surface area contributed by atoms with E-state index in [2.05, 4.69) is 15.9 Å². The number of piperidine rings is 1. The number of ether oxygens (including phenoxy) is 1. The van der Waals surface area contributed by atoms with Gasteiger partial charge < -0.3 is 10.5 Å². The van der Waals surface area contributed by atoms with Crippen molar-refractivity contribution in [2.75, 3.05) is 20.2 Å². The van der Waals surface area contributed by atoms with Gasteiger partial charge in [-0.25, -0.2) is 8.42 Å². The maximum Gasteiger partial charge on any atom is 0.243 e. The zero-order valence-corrected chi connectivity index (χ0v) is 14.9. The molecule has 0 aliphatic carbocycles. The average molecular weight is 377 g/mol. The van der Waals surface area contributed by atoms with Crippen molar-refractivity contribution in [1.29, 1.82) is 0 Å². The van der Waals surface area contributed by atoms with Crippen LogP contribution in [0.25, 0.3) is 0 Å². The second kappa shape index (κ2) is 5.87. The van der Waals surface area contributed by atoms with Gasteiger partial charge in [-0.3, -0.25) is 0 Å². The summed E-state index contributed by atoms with van der Waals surface area (Å²) in [5, 5.41) is 0. The molecule has 1 heterocycles. The van der Waals surface area contributed by atoms with Crippen LogP contribution in [0, 0.1) is 5.41 Å². The first-order valence-corrected chi connectivity index (χ1v) is 9.00. The Morgan fingerprint density at radius 3 is 2.62 bits per heavy atom. The smallest absolute Gasteiger partial charge is 0.243 e. The number of hydrogen-bond acceptors (Lipinski definition) is 4. The number of sulfonamides is 1.